The lowest BCUT2D eigenvalue weighted by molar-refractivity contribution is 0.0920. The van der Waals surface area contributed by atoms with Crippen molar-refractivity contribution in [2.75, 3.05) is 12.3 Å². The number of nitrogen functional groups attached to an aromatic ring is 1. The highest BCUT2D eigenvalue weighted by Crippen LogP contribution is 2.26. The second kappa shape index (κ2) is 7.60. The summed E-state index contributed by atoms with van der Waals surface area (Å²) in [6, 6.07) is 12.1. The zero-order valence-corrected chi connectivity index (χ0v) is 14.6. The zero-order valence-electron chi connectivity index (χ0n) is 13.0. The first-order valence-corrected chi connectivity index (χ1v) is 8.63. The van der Waals surface area contributed by atoms with Gasteiger partial charge in [-0.1, -0.05) is 23.7 Å². The van der Waals surface area contributed by atoms with E-state index in [0.29, 0.717) is 21.2 Å². The minimum absolute atomic E-state index is 0.105. The number of aliphatic hydroxyl groups excluding tert-OH is 1. The summed E-state index contributed by atoms with van der Waals surface area (Å²) in [5, 5.41) is 13.4. The Bertz CT molecular complexity index is 882. The van der Waals surface area contributed by atoms with Gasteiger partial charge in [0.25, 0.3) is 5.91 Å². The van der Waals surface area contributed by atoms with Gasteiger partial charge >= 0.3 is 0 Å². The van der Waals surface area contributed by atoms with Crippen molar-refractivity contribution in [1.29, 1.82) is 0 Å². The fourth-order valence-corrected chi connectivity index (χ4v) is 3.21. The summed E-state index contributed by atoms with van der Waals surface area (Å²) in [4.78, 5) is 21.6. The van der Waals surface area contributed by atoms with E-state index in [1.54, 1.807) is 48.7 Å². The molecule has 3 aromatic rings. The summed E-state index contributed by atoms with van der Waals surface area (Å²) < 4.78 is 0. The molecule has 128 valence electrons. The number of carbonyl (C=O) groups is 1. The second-order valence-electron chi connectivity index (χ2n) is 5.24. The van der Waals surface area contributed by atoms with Gasteiger partial charge in [0.1, 0.15) is 0 Å². The molecule has 1 atom stereocenters. The largest absolute Gasteiger partial charge is 0.387 e. The smallest absolute Gasteiger partial charge is 0.261 e. The molecule has 1 aromatic carbocycles. The first-order valence-electron chi connectivity index (χ1n) is 7.43. The van der Waals surface area contributed by atoms with E-state index >= 15 is 0 Å². The third-order valence-electron chi connectivity index (χ3n) is 3.47. The number of benzene rings is 1. The molecule has 0 radical (unpaired) electrons. The number of nitrogens with zero attached hydrogens (tertiary/aromatic N) is 2. The normalized spacial score (nSPS) is 11.9. The zero-order chi connectivity index (χ0) is 17.8. The Hall–Kier alpha value is -2.48. The van der Waals surface area contributed by atoms with Gasteiger partial charge in [0, 0.05) is 17.8 Å². The number of amides is 1. The average molecular weight is 375 g/mol. The van der Waals surface area contributed by atoms with Crippen molar-refractivity contribution in [2.24, 2.45) is 0 Å². The average Bonchev–Trinajstić information content (AvgIpc) is 3.10. The molecule has 0 saturated carbocycles. The van der Waals surface area contributed by atoms with E-state index in [4.69, 9.17) is 17.3 Å². The summed E-state index contributed by atoms with van der Waals surface area (Å²) in [7, 11) is 0. The number of rotatable bonds is 5. The minimum Gasteiger partial charge on any atom is -0.387 e. The Balaban J connectivity index is 1.63. The number of carbonyl (C=O) groups excluding carboxylic acids is 1. The monoisotopic (exact) mass is 374 g/mol. The molecule has 4 N–H and O–H groups in total. The predicted octanol–water partition coefficient (Wildman–Crippen LogP) is 2.90. The number of nitrogens with two attached hydrogens (primary N) is 1. The Labute approximate surface area is 153 Å². The standard InChI is InChI=1S/C17H15ClN4O2S/c18-11-3-1-10(2-4-11)13(23)9-21-16(24)15-6-5-14(25-15)12-7-8-20-17(19)22-12/h1-8,13,23H,9H2,(H,21,24)(H2,19,20,22)/t13-/m0/s1. The number of aliphatic hydroxyl groups is 1. The Morgan fingerprint density at radius 2 is 2.00 bits per heavy atom. The number of thiophene rings is 1. The van der Waals surface area contributed by atoms with Gasteiger partial charge in [-0.25, -0.2) is 9.97 Å². The molecule has 0 aliphatic rings. The Kier molecular flexibility index (Phi) is 5.28. The molecule has 2 aromatic heterocycles. The van der Waals surface area contributed by atoms with E-state index in [-0.39, 0.29) is 18.4 Å². The minimum atomic E-state index is -0.803. The number of hydrogen-bond acceptors (Lipinski definition) is 6. The molecule has 0 bridgehead atoms. The van der Waals surface area contributed by atoms with Crippen LogP contribution < -0.4 is 11.1 Å². The van der Waals surface area contributed by atoms with Crippen molar-refractivity contribution >= 4 is 34.8 Å². The third-order valence-corrected chi connectivity index (χ3v) is 4.83. The molecule has 6 nitrogen and oxygen atoms in total. The quantitative estimate of drug-likeness (QED) is 0.637. The number of hydrogen-bond donors (Lipinski definition) is 3. The topological polar surface area (TPSA) is 101 Å². The highest BCUT2D eigenvalue weighted by atomic mass is 35.5. The fraction of sp³-hybridized carbons (Fsp3) is 0.118. The highest BCUT2D eigenvalue weighted by molar-refractivity contribution is 7.17. The van der Waals surface area contributed by atoms with Gasteiger partial charge in [0.05, 0.1) is 21.6 Å². The molecular formula is C17H15ClN4O2S. The van der Waals surface area contributed by atoms with Crippen molar-refractivity contribution < 1.29 is 9.90 Å². The van der Waals surface area contributed by atoms with Crippen molar-refractivity contribution in [2.45, 2.75) is 6.10 Å². The summed E-state index contributed by atoms with van der Waals surface area (Å²) in [5.41, 5.74) is 6.93. The molecular weight excluding hydrogens is 360 g/mol. The van der Waals surface area contributed by atoms with Crippen LogP contribution in [0.5, 0.6) is 0 Å². The fourth-order valence-electron chi connectivity index (χ4n) is 2.19. The van der Waals surface area contributed by atoms with E-state index in [1.807, 2.05) is 0 Å². The summed E-state index contributed by atoms with van der Waals surface area (Å²) in [6.07, 6.45) is 0.766. The van der Waals surface area contributed by atoms with Gasteiger partial charge in [0.2, 0.25) is 5.95 Å². The number of anilines is 1. The van der Waals surface area contributed by atoms with Gasteiger partial charge in [-0.05, 0) is 35.9 Å². The van der Waals surface area contributed by atoms with Crippen LogP contribution in [0.25, 0.3) is 10.6 Å². The molecule has 0 aliphatic carbocycles. The van der Waals surface area contributed by atoms with Crippen LogP contribution in [-0.4, -0.2) is 27.5 Å². The maximum absolute atomic E-state index is 12.3. The van der Waals surface area contributed by atoms with Crippen LogP contribution in [0.3, 0.4) is 0 Å². The lowest BCUT2D eigenvalue weighted by Gasteiger charge is -2.11. The summed E-state index contributed by atoms with van der Waals surface area (Å²) in [6.45, 7) is 0.105. The number of nitrogens with one attached hydrogen (secondary N) is 1. The highest BCUT2D eigenvalue weighted by Gasteiger charge is 2.14. The van der Waals surface area contributed by atoms with Crippen LogP contribution in [-0.2, 0) is 0 Å². The summed E-state index contributed by atoms with van der Waals surface area (Å²) >= 11 is 7.11. The molecule has 8 heteroatoms. The maximum atomic E-state index is 12.3. The van der Waals surface area contributed by atoms with Crippen LogP contribution in [0, 0.1) is 0 Å². The van der Waals surface area contributed by atoms with Crippen LogP contribution in [0.2, 0.25) is 5.02 Å². The molecule has 0 aliphatic heterocycles. The first-order chi connectivity index (χ1) is 12.0. The molecule has 0 fully saturated rings. The van der Waals surface area contributed by atoms with Gasteiger partial charge in [-0.2, -0.15) is 0 Å². The third kappa shape index (κ3) is 4.33. The van der Waals surface area contributed by atoms with E-state index in [9.17, 15) is 9.90 Å². The van der Waals surface area contributed by atoms with Crippen LogP contribution >= 0.6 is 22.9 Å². The van der Waals surface area contributed by atoms with Crippen molar-refractivity contribution in [1.82, 2.24) is 15.3 Å². The van der Waals surface area contributed by atoms with Crippen LogP contribution in [0.4, 0.5) is 5.95 Å². The van der Waals surface area contributed by atoms with Crippen LogP contribution in [0.1, 0.15) is 21.3 Å². The van der Waals surface area contributed by atoms with Crippen molar-refractivity contribution in [3.8, 4) is 10.6 Å². The molecule has 0 saturated heterocycles. The maximum Gasteiger partial charge on any atom is 0.261 e. The summed E-state index contributed by atoms with van der Waals surface area (Å²) in [5.74, 6) is -0.0747. The van der Waals surface area contributed by atoms with E-state index in [0.717, 1.165) is 4.88 Å². The van der Waals surface area contributed by atoms with Gasteiger partial charge in [-0.15, -0.1) is 11.3 Å². The van der Waals surface area contributed by atoms with E-state index in [1.165, 1.54) is 11.3 Å². The lowest BCUT2D eigenvalue weighted by Crippen LogP contribution is -2.27. The number of halogens is 1. The molecule has 0 unspecified atom stereocenters. The Morgan fingerprint density at radius 3 is 2.72 bits per heavy atom. The number of aromatic nitrogens is 2. The molecule has 3 rings (SSSR count). The SMILES string of the molecule is Nc1nccc(-c2ccc(C(=O)NC[C@H](O)c3ccc(Cl)cc3)s2)n1. The van der Waals surface area contributed by atoms with Gasteiger partial charge < -0.3 is 16.2 Å². The molecule has 1 amide bonds. The lowest BCUT2D eigenvalue weighted by atomic mass is 10.1. The van der Waals surface area contributed by atoms with Gasteiger partial charge in [0.15, 0.2) is 0 Å². The Morgan fingerprint density at radius 1 is 1.24 bits per heavy atom. The van der Waals surface area contributed by atoms with E-state index < -0.39 is 6.10 Å². The second-order valence-corrected chi connectivity index (χ2v) is 6.76. The first kappa shape index (κ1) is 17.3. The predicted molar refractivity (Wildman–Crippen MR) is 98.5 cm³/mol. The van der Waals surface area contributed by atoms with Crippen molar-refractivity contribution in [3.63, 3.8) is 0 Å². The van der Waals surface area contributed by atoms with Crippen molar-refractivity contribution in [3.05, 3.63) is 64.1 Å². The van der Waals surface area contributed by atoms with Gasteiger partial charge in [-0.3, -0.25) is 4.79 Å². The van der Waals surface area contributed by atoms with E-state index in [2.05, 4.69) is 15.3 Å². The molecule has 2 heterocycles. The molecule has 25 heavy (non-hydrogen) atoms. The molecule has 0 spiro atoms. The van der Waals surface area contributed by atoms with Crippen LogP contribution in [0.15, 0.2) is 48.7 Å².